The number of rotatable bonds is 8. The van der Waals surface area contributed by atoms with Crippen LogP contribution in [0.15, 0.2) is 0 Å². The minimum absolute atomic E-state index is 0.00388. The van der Waals surface area contributed by atoms with Crippen molar-refractivity contribution >= 4 is 20.4 Å². The first kappa shape index (κ1) is 12.7. The minimum Gasteiger partial charge on any atom is -0.393 e. The molecule has 0 aromatic rings. The van der Waals surface area contributed by atoms with Crippen molar-refractivity contribution < 1.29 is 5.11 Å². The molecule has 0 rings (SSSR count). The minimum atomic E-state index is -0.00388. The molecular formula is C10H22MgO. The Hall–Kier alpha value is 0.726. The Morgan fingerprint density at radius 3 is 2.42 bits per heavy atom. The Kier molecular flexibility index (Phi) is 10.4. The Bertz CT molecular complexity index is 85.9. The molecule has 0 aromatic carbocycles. The van der Waals surface area contributed by atoms with Crippen molar-refractivity contribution in [3.05, 3.63) is 0 Å². The van der Waals surface area contributed by atoms with Crippen LogP contribution in [0.25, 0.3) is 0 Å². The maximum atomic E-state index is 9.50. The summed E-state index contributed by atoms with van der Waals surface area (Å²) in [5.41, 5.74) is 0. The van der Waals surface area contributed by atoms with E-state index >= 15 is 0 Å². The second-order valence-corrected chi connectivity index (χ2v) is 6.06. The summed E-state index contributed by atoms with van der Waals surface area (Å²) < 4.78 is 2.85. The van der Waals surface area contributed by atoms with Crippen molar-refractivity contribution in [1.82, 2.24) is 0 Å². The lowest BCUT2D eigenvalue weighted by atomic mass is 10.1. The average Bonchev–Trinajstić information content (AvgIpc) is 2.09. The Labute approximate surface area is 86.7 Å². The second-order valence-electron chi connectivity index (χ2n) is 3.65. The summed E-state index contributed by atoms with van der Waals surface area (Å²) in [6.07, 6.45) is 5.73. The number of hydrogen-bond donors (Lipinski definition) is 1. The van der Waals surface area contributed by atoms with Crippen molar-refractivity contribution in [3.63, 3.8) is 0 Å². The molecule has 0 bridgehead atoms. The van der Waals surface area contributed by atoms with Gasteiger partial charge in [-0.25, -0.2) is 0 Å². The normalized spacial score (nSPS) is 12.6. The fourth-order valence-corrected chi connectivity index (χ4v) is 2.53. The van der Waals surface area contributed by atoms with Crippen molar-refractivity contribution in [3.8, 4) is 0 Å². The molecule has 12 heavy (non-hydrogen) atoms. The molecule has 1 nitrogen and oxygen atoms in total. The van der Waals surface area contributed by atoms with Crippen LogP contribution in [0.1, 0.15) is 46.0 Å². The predicted octanol–water partition coefficient (Wildman–Crippen LogP) is 2.88. The highest BCUT2D eigenvalue weighted by Gasteiger charge is 2.02. The summed E-state index contributed by atoms with van der Waals surface area (Å²) in [5, 5.41) is 9.50. The van der Waals surface area contributed by atoms with E-state index in [1.165, 1.54) is 28.4 Å². The molecule has 1 N–H and O–H groups in total. The zero-order valence-corrected chi connectivity index (χ0v) is 10.1. The van der Waals surface area contributed by atoms with Crippen LogP contribution in [-0.4, -0.2) is 31.6 Å². The molecule has 0 amide bonds. The quantitative estimate of drug-likeness (QED) is 0.452. The summed E-state index contributed by atoms with van der Waals surface area (Å²) in [4.78, 5) is 0. The smallest absolute Gasteiger partial charge is 0.363 e. The van der Waals surface area contributed by atoms with E-state index in [4.69, 9.17) is 0 Å². The van der Waals surface area contributed by atoms with E-state index in [-0.39, 0.29) is 26.5 Å². The third kappa shape index (κ3) is 8.82. The first-order chi connectivity index (χ1) is 5.81. The Balaban J connectivity index is 3.02. The van der Waals surface area contributed by atoms with Crippen molar-refractivity contribution in [2.75, 3.05) is 0 Å². The van der Waals surface area contributed by atoms with Crippen LogP contribution in [-0.2, 0) is 0 Å². The van der Waals surface area contributed by atoms with Gasteiger partial charge in [-0.3, -0.25) is 0 Å². The standard InChI is InChI=1S/C8H17O.C2H5.Mg/c1-3-5-7-8(9)6-4-2;1-2;/h8-9H,2-7H2,1H3;1H2,2H3;. The summed E-state index contributed by atoms with van der Waals surface area (Å²) >= 11 is 0.248. The fraction of sp³-hybridized carbons (Fsp3) is 1.00. The van der Waals surface area contributed by atoms with Gasteiger partial charge in [0.15, 0.2) is 0 Å². The largest absolute Gasteiger partial charge is 0.393 e. The van der Waals surface area contributed by atoms with Crippen LogP contribution in [0, 0.1) is 0 Å². The third-order valence-electron chi connectivity index (χ3n) is 2.28. The maximum absolute atomic E-state index is 9.50. The van der Waals surface area contributed by atoms with E-state index in [9.17, 15) is 5.11 Å². The number of aliphatic hydroxyl groups excluding tert-OH is 1. The topological polar surface area (TPSA) is 20.2 Å². The van der Waals surface area contributed by atoms with Crippen LogP contribution in [0.4, 0.5) is 0 Å². The van der Waals surface area contributed by atoms with Crippen molar-refractivity contribution in [2.45, 2.75) is 61.2 Å². The van der Waals surface area contributed by atoms with Gasteiger partial charge >= 0.3 is 20.4 Å². The van der Waals surface area contributed by atoms with E-state index in [1.807, 2.05) is 0 Å². The highest BCUT2D eigenvalue weighted by molar-refractivity contribution is 6.35. The van der Waals surface area contributed by atoms with E-state index in [0.29, 0.717) is 0 Å². The molecule has 0 spiro atoms. The van der Waals surface area contributed by atoms with Gasteiger partial charge in [-0.05, 0) is 12.8 Å². The Morgan fingerprint density at radius 2 is 1.83 bits per heavy atom. The molecule has 0 saturated heterocycles. The van der Waals surface area contributed by atoms with Crippen LogP contribution in [0.5, 0.6) is 0 Å². The highest BCUT2D eigenvalue weighted by Crippen LogP contribution is 2.08. The summed E-state index contributed by atoms with van der Waals surface area (Å²) in [6, 6.07) is 0. The van der Waals surface area contributed by atoms with E-state index in [2.05, 4.69) is 13.8 Å². The number of aliphatic hydroxyl groups is 1. The van der Waals surface area contributed by atoms with Crippen LogP contribution in [0.3, 0.4) is 0 Å². The monoisotopic (exact) mass is 182 g/mol. The molecule has 2 heteroatoms. The van der Waals surface area contributed by atoms with Crippen LogP contribution >= 0.6 is 0 Å². The summed E-state index contributed by atoms with van der Waals surface area (Å²) in [7, 11) is 0. The van der Waals surface area contributed by atoms with Crippen molar-refractivity contribution in [1.29, 1.82) is 0 Å². The average molecular weight is 183 g/mol. The molecule has 0 aliphatic rings. The number of unbranched alkanes of at least 4 members (excludes halogenated alkanes) is 1. The summed E-state index contributed by atoms with van der Waals surface area (Å²) in [6.45, 7) is 4.45. The maximum Gasteiger partial charge on any atom is 0.363 e. The van der Waals surface area contributed by atoms with E-state index in [1.54, 1.807) is 0 Å². The van der Waals surface area contributed by atoms with Gasteiger partial charge in [-0.1, -0.05) is 33.1 Å². The third-order valence-corrected chi connectivity index (χ3v) is 3.99. The zero-order chi connectivity index (χ0) is 9.23. The molecule has 0 aromatic heterocycles. The lowest BCUT2D eigenvalue weighted by Gasteiger charge is -2.08. The van der Waals surface area contributed by atoms with E-state index < -0.39 is 0 Å². The molecule has 0 radical (unpaired) electrons. The molecule has 70 valence electrons. The lowest BCUT2D eigenvalue weighted by molar-refractivity contribution is 0.150. The molecule has 0 heterocycles. The van der Waals surface area contributed by atoms with Gasteiger partial charge in [0, 0.05) is 0 Å². The summed E-state index contributed by atoms with van der Waals surface area (Å²) in [5.74, 6) is 0. The van der Waals surface area contributed by atoms with Gasteiger partial charge in [0.25, 0.3) is 0 Å². The van der Waals surface area contributed by atoms with Gasteiger partial charge in [-0.15, -0.1) is 9.10 Å². The molecule has 1 unspecified atom stereocenters. The number of hydrogen-bond acceptors (Lipinski definition) is 1. The molecular weight excluding hydrogens is 160 g/mol. The lowest BCUT2D eigenvalue weighted by Crippen LogP contribution is -2.06. The predicted molar refractivity (Wildman–Crippen MR) is 55.8 cm³/mol. The van der Waals surface area contributed by atoms with Gasteiger partial charge in [0.1, 0.15) is 0 Å². The SMILES string of the molecule is CCCCC(O)CC[CH2][Mg][CH2]C. The van der Waals surface area contributed by atoms with Crippen molar-refractivity contribution in [2.24, 2.45) is 0 Å². The molecule has 0 fully saturated rings. The second kappa shape index (κ2) is 9.81. The first-order valence-electron chi connectivity index (χ1n) is 5.49. The van der Waals surface area contributed by atoms with Gasteiger partial charge in [0.2, 0.25) is 0 Å². The van der Waals surface area contributed by atoms with E-state index in [0.717, 1.165) is 12.8 Å². The van der Waals surface area contributed by atoms with Gasteiger partial charge in [0.05, 0.1) is 6.10 Å². The first-order valence-corrected chi connectivity index (χ1v) is 7.49. The van der Waals surface area contributed by atoms with Gasteiger partial charge < -0.3 is 5.11 Å². The zero-order valence-electron chi connectivity index (χ0n) is 8.68. The molecule has 0 aliphatic heterocycles. The molecule has 1 atom stereocenters. The Morgan fingerprint density at radius 1 is 1.17 bits per heavy atom. The van der Waals surface area contributed by atoms with Crippen LogP contribution in [0.2, 0.25) is 9.10 Å². The van der Waals surface area contributed by atoms with Crippen LogP contribution < -0.4 is 0 Å². The molecule has 0 aliphatic carbocycles. The fourth-order valence-electron chi connectivity index (χ4n) is 1.39. The molecule has 0 saturated carbocycles. The van der Waals surface area contributed by atoms with Gasteiger partial charge in [-0.2, -0.15) is 0 Å². The highest BCUT2D eigenvalue weighted by atomic mass is 24.5.